The van der Waals surface area contributed by atoms with Gasteiger partial charge in [0, 0.05) is 24.6 Å². The average molecular weight is 370 g/mol. The number of piperidine rings is 1. The fourth-order valence-electron chi connectivity index (χ4n) is 3.59. The molecule has 8 nitrogen and oxygen atoms in total. The highest BCUT2D eigenvalue weighted by molar-refractivity contribution is 5.98. The second-order valence-electron chi connectivity index (χ2n) is 6.87. The number of rotatable bonds is 4. The Labute approximate surface area is 157 Å². The lowest BCUT2D eigenvalue weighted by Gasteiger charge is -2.33. The minimum atomic E-state index is -0.391. The van der Waals surface area contributed by atoms with Crippen LogP contribution < -0.4 is 9.47 Å². The van der Waals surface area contributed by atoms with Crippen LogP contribution in [0.4, 0.5) is 0 Å². The van der Waals surface area contributed by atoms with Crippen LogP contribution in [-0.2, 0) is 4.79 Å². The number of ether oxygens (including phenoxy) is 2. The quantitative estimate of drug-likeness (QED) is 0.762. The highest BCUT2D eigenvalue weighted by Gasteiger charge is 2.31. The first-order valence-corrected chi connectivity index (χ1v) is 9.20. The first-order valence-electron chi connectivity index (χ1n) is 9.20. The zero-order valence-electron chi connectivity index (χ0n) is 15.2. The number of benzene rings is 1. The van der Waals surface area contributed by atoms with Crippen molar-refractivity contribution in [3.63, 3.8) is 0 Å². The standard InChI is InChI=1S/C19H22N4O4/c1-13(23-12-20-11-21-23)19(25)22-6-4-14(5-7-22)18(24)15-2-3-16-17(10-15)27-9-8-26-16/h2-3,10-14H,4-9H2,1H3. The molecule has 3 heterocycles. The largest absolute Gasteiger partial charge is 0.486 e. The summed E-state index contributed by atoms with van der Waals surface area (Å²) in [6.07, 6.45) is 4.27. The fourth-order valence-corrected chi connectivity index (χ4v) is 3.59. The molecular weight excluding hydrogens is 348 g/mol. The summed E-state index contributed by atoms with van der Waals surface area (Å²) in [5.41, 5.74) is 0.639. The Morgan fingerprint density at radius 3 is 2.59 bits per heavy atom. The molecule has 1 fully saturated rings. The van der Waals surface area contributed by atoms with Gasteiger partial charge in [0.05, 0.1) is 0 Å². The SMILES string of the molecule is CC(C(=O)N1CCC(C(=O)c2ccc3c(c2)OCCO3)CC1)n1cncn1. The van der Waals surface area contributed by atoms with Gasteiger partial charge in [-0.3, -0.25) is 9.59 Å². The molecule has 2 aromatic rings. The Bertz CT molecular complexity index is 828. The fraction of sp³-hybridized carbons (Fsp3) is 0.474. The summed E-state index contributed by atoms with van der Waals surface area (Å²) in [5, 5.41) is 4.03. The first-order chi connectivity index (χ1) is 13.1. The van der Waals surface area contributed by atoms with Crippen molar-refractivity contribution in [2.45, 2.75) is 25.8 Å². The van der Waals surface area contributed by atoms with E-state index in [-0.39, 0.29) is 17.6 Å². The zero-order chi connectivity index (χ0) is 18.8. The second kappa shape index (κ2) is 7.38. The van der Waals surface area contributed by atoms with E-state index in [0.717, 1.165) is 0 Å². The van der Waals surface area contributed by atoms with Gasteiger partial charge in [-0.1, -0.05) is 0 Å². The highest BCUT2D eigenvalue weighted by atomic mass is 16.6. The molecule has 0 aliphatic carbocycles. The number of carbonyl (C=O) groups is 2. The van der Waals surface area contributed by atoms with Crippen LogP contribution in [0.5, 0.6) is 11.5 Å². The maximum atomic E-state index is 12.9. The van der Waals surface area contributed by atoms with E-state index in [1.54, 1.807) is 34.1 Å². The van der Waals surface area contributed by atoms with Crippen molar-refractivity contribution in [3.05, 3.63) is 36.4 Å². The smallest absolute Gasteiger partial charge is 0.247 e. The summed E-state index contributed by atoms with van der Waals surface area (Å²) in [5.74, 6) is 1.33. The third-order valence-corrected chi connectivity index (χ3v) is 5.19. The number of hydrogen-bond donors (Lipinski definition) is 0. The van der Waals surface area contributed by atoms with Gasteiger partial charge < -0.3 is 14.4 Å². The topological polar surface area (TPSA) is 86.5 Å². The molecule has 8 heteroatoms. The monoisotopic (exact) mass is 370 g/mol. The Morgan fingerprint density at radius 1 is 1.15 bits per heavy atom. The predicted molar refractivity (Wildman–Crippen MR) is 95.8 cm³/mol. The first kappa shape index (κ1) is 17.5. The summed E-state index contributed by atoms with van der Waals surface area (Å²) in [6, 6.07) is 4.96. The number of hydrogen-bond acceptors (Lipinski definition) is 6. The second-order valence-corrected chi connectivity index (χ2v) is 6.87. The van der Waals surface area contributed by atoms with Crippen molar-refractivity contribution < 1.29 is 19.1 Å². The molecule has 1 atom stereocenters. The molecule has 27 heavy (non-hydrogen) atoms. The lowest BCUT2D eigenvalue weighted by atomic mass is 9.88. The summed E-state index contributed by atoms with van der Waals surface area (Å²) >= 11 is 0. The maximum Gasteiger partial charge on any atom is 0.247 e. The number of carbonyl (C=O) groups excluding carboxylic acids is 2. The lowest BCUT2D eigenvalue weighted by molar-refractivity contribution is -0.135. The molecule has 2 aliphatic heterocycles. The van der Waals surface area contributed by atoms with Crippen LogP contribution in [0.15, 0.2) is 30.9 Å². The minimum Gasteiger partial charge on any atom is -0.486 e. The number of Topliss-reactive ketones (excluding diaryl/α,β-unsaturated/α-hetero) is 1. The van der Waals surface area contributed by atoms with Gasteiger partial charge in [0.25, 0.3) is 0 Å². The van der Waals surface area contributed by atoms with Crippen LogP contribution in [0.1, 0.15) is 36.2 Å². The van der Waals surface area contributed by atoms with E-state index in [1.165, 1.54) is 6.33 Å². The van der Waals surface area contributed by atoms with E-state index >= 15 is 0 Å². The molecule has 142 valence electrons. The molecule has 1 saturated heterocycles. The number of fused-ring (bicyclic) bond motifs is 1. The van der Waals surface area contributed by atoms with E-state index in [0.29, 0.717) is 56.2 Å². The van der Waals surface area contributed by atoms with Crippen molar-refractivity contribution in [3.8, 4) is 11.5 Å². The zero-order valence-corrected chi connectivity index (χ0v) is 15.2. The summed E-state index contributed by atoms with van der Waals surface area (Å²) in [4.78, 5) is 31.2. The van der Waals surface area contributed by atoms with E-state index in [4.69, 9.17) is 9.47 Å². The van der Waals surface area contributed by atoms with Crippen LogP contribution in [0, 0.1) is 5.92 Å². The van der Waals surface area contributed by atoms with Crippen molar-refractivity contribution in [1.29, 1.82) is 0 Å². The number of ketones is 1. The molecule has 0 spiro atoms. The van der Waals surface area contributed by atoms with Crippen molar-refractivity contribution in [2.24, 2.45) is 5.92 Å². The molecule has 0 bridgehead atoms. The van der Waals surface area contributed by atoms with Gasteiger partial charge in [0.15, 0.2) is 17.3 Å². The van der Waals surface area contributed by atoms with Crippen LogP contribution in [0.25, 0.3) is 0 Å². The Hall–Kier alpha value is -2.90. The van der Waals surface area contributed by atoms with Crippen molar-refractivity contribution in [1.82, 2.24) is 19.7 Å². The number of likely N-dealkylation sites (tertiary alicyclic amines) is 1. The predicted octanol–water partition coefficient (Wildman–Crippen LogP) is 1.73. The molecule has 0 radical (unpaired) electrons. The third kappa shape index (κ3) is 3.51. The van der Waals surface area contributed by atoms with Gasteiger partial charge in [0.2, 0.25) is 5.91 Å². The number of aromatic nitrogens is 3. The molecule has 0 saturated carbocycles. The molecule has 1 amide bonds. The summed E-state index contributed by atoms with van der Waals surface area (Å²) < 4.78 is 12.6. The van der Waals surface area contributed by atoms with Gasteiger partial charge in [-0.25, -0.2) is 9.67 Å². The number of nitrogens with zero attached hydrogens (tertiary/aromatic N) is 4. The summed E-state index contributed by atoms with van der Waals surface area (Å²) in [7, 11) is 0. The Balaban J connectivity index is 1.37. The highest BCUT2D eigenvalue weighted by Crippen LogP contribution is 2.32. The molecule has 1 aromatic heterocycles. The Kier molecular flexibility index (Phi) is 4.79. The molecule has 1 aromatic carbocycles. The average Bonchev–Trinajstić information content (AvgIpc) is 3.27. The maximum absolute atomic E-state index is 12.9. The van der Waals surface area contributed by atoms with Crippen molar-refractivity contribution in [2.75, 3.05) is 26.3 Å². The van der Waals surface area contributed by atoms with Gasteiger partial charge >= 0.3 is 0 Å². The Morgan fingerprint density at radius 2 is 1.89 bits per heavy atom. The van der Waals surface area contributed by atoms with Gasteiger partial charge in [-0.2, -0.15) is 5.10 Å². The number of amides is 1. The van der Waals surface area contributed by atoms with E-state index < -0.39 is 6.04 Å². The van der Waals surface area contributed by atoms with E-state index in [2.05, 4.69) is 10.1 Å². The molecule has 1 unspecified atom stereocenters. The lowest BCUT2D eigenvalue weighted by Crippen LogP contribution is -2.43. The van der Waals surface area contributed by atoms with Crippen LogP contribution in [0.3, 0.4) is 0 Å². The third-order valence-electron chi connectivity index (χ3n) is 5.19. The van der Waals surface area contributed by atoms with Gasteiger partial charge in [-0.15, -0.1) is 0 Å². The molecular formula is C19H22N4O4. The summed E-state index contributed by atoms with van der Waals surface area (Å²) in [6.45, 7) is 3.97. The van der Waals surface area contributed by atoms with Gasteiger partial charge in [0.1, 0.15) is 31.9 Å². The van der Waals surface area contributed by atoms with Crippen LogP contribution in [-0.4, -0.2) is 57.7 Å². The van der Waals surface area contributed by atoms with E-state index in [9.17, 15) is 9.59 Å². The molecule has 0 N–H and O–H groups in total. The van der Waals surface area contributed by atoms with Crippen LogP contribution >= 0.6 is 0 Å². The van der Waals surface area contributed by atoms with Crippen molar-refractivity contribution >= 4 is 11.7 Å². The van der Waals surface area contributed by atoms with Gasteiger partial charge in [-0.05, 0) is 38.0 Å². The van der Waals surface area contributed by atoms with E-state index in [1.807, 2.05) is 6.92 Å². The molecule has 4 rings (SSSR count). The minimum absolute atomic E-state index is 0.00530. The van der Waals surface area contributed by atoms with Crippen LogP contribution in [0.2, 0.25) is 0 Å². The molecule has 2 aliphatic rings. The normalized spacial score (nSPS) is 18.2.